The third kappa shape index (κ3) is 3.61. The maximum atomic E-state index is 13.6. The van der Waals surface area contributed by atoms with Crippen molar-refractivity contribution in [2.75, 3.05) is 6.54 Å². The molecular weight excluding hydrogens is 263 g/mol. The van der Waals surface area contributed by atoms with Gasteiger partial charge in [0.1, 0.15) is 17.5 Å². The van der Waals surface area contributed by atoms with Crippen LogP contribution in [-0.4, -0.2) is 6.54 Å². The SMILES string of the molecule is CC(NCCc1ccc(F)cc1)c1c(F)cccc1F. The van der Waals surface area contributed by atoms with E-state index in [2.05, 4.69) is 5.32 Å². The molecule has 0 spiro atoms. The first-order valence-electron chi connectivity index (χ1n) is 6.49. The van der Waals surface area contributed by atoms with Crippen LogP contribution in [0.15, 0.2) is 42.5 Å². The highest BCUT2D eigenvalue weighted by molar-refractivity contribution is 5.23. The summed E-state index contributed by atoms with van der Waals surface area (Å²) in [6.45, 7) is 2.27. The van der Waals surface area contributed by atoms with Crippen molar-refractivity contribution in [2.45, 2.75) is 19.4 Å². The van der Waals surface area contributed by atoms with E-state index in [0.29, 0.717) is 13.0 Å². The predicted molar refractivity (Wildman–Crippen MR) is 72.9 cm³/mol. The summed E-state index contributed by atoms with van der Waals surface area (Å²) >= 11 is 0. The lowest BCUT2D eigenvalue weighted by atomic mass is 10.1. The summed E-state index contributed by atoms with van der Waals surface area (Å²) < 4.78 is 39.9. The van der Waals surface area contributed by atoms with Gasteiger partial charge in [0.25, 0.3) is 0 Å². The fourth-order valence-corrected chi connectivity index (χ4v) is 2.11. The molecule has 2 aromatic rings. The van der Waals surface area contributed by atoms with Gasteiger partial charge in [0.05, 0.1) is 0 Å². The predicted octanol–water partition coefficient (Wildman–Crippen LogP) is 4.00. The largest absolute Gasteiger partial charge is 0.310 e. The minimum atomic E-state index is -0.549. The van der Waals surface area contributed by atoms with Crippen molar-refractivity contribution in [2.24, 2.45) is 0 Å². The Balaban J connectivity index is 1.92. The van der Waals surface area contributed by atoms with Crippen LogP contribution in [0.4, 0.5) is 13.2 Å². The molecule has 20 heavy (non-hydrogen) atoms. The van der Waals surface area contributed by atoms with Crippen molar-refractivity contribution in [1.29, 1.82) is 0 Å². The lowest BCUT2D eigenvalue weighted by Gasteiger charge is -2.15. The summed E-state index contributed by atoms with van der Waals surface area (Å²) in [5, 5.41) is 3.07. The molecule has 2 rings (SSSR count). The fraction of sp³-hybridized carbons (Fsp3) is 0.250. The van der Waals surface area contributed by atoms with Crippen LogP contribution in [0.2, 0.25) is 0 Å². The Labute approximate surface area is 116 Å². The summed E-state index contributed by atoms with van der Waals surface area (Å²) in [4.78, 5) is 0. The maximum absolute atomic E-state index is 13.6. The van der Waals surface area contributed by atoms with Crippen LogP contribution in [0.3, 0.4) is 0 Å². The molecule has 1 atom stereocenters. The average Bonchev–Trinajstić information content (AvgIpc) is 2.41. The Bertz CT molecular complexity index is 546. The van der Waals surface area contributed by atoms with Gasteiger partial charge in [-0.3, -0.25) is 0 Å². The first-order valence-corrected chi connectivity index (χ1v) is 6.49. The number of nitrogens with one attached hydrogen (secondary N) is 1. The van der Waals surface area contributed by atoms with Crippen molar-refractivity contribution < 1.29 is 13.2 Å². The van der Waals surface area contributed by atoms with Gasteiger partial charge in [-0.05, 0) is 49.7 Å². The highest BCUT2D eigenvalue weighted by Crippen LogP contribution is 2.20. The summed E-state index contributed by atoms with van der Waals surface area (Å²) in [5.41, 5.74) is 1.02. The highest BCUT2D eigenvalue weighted by atomic mass is 19.1. The van der Waals surface area contributed by atoms with Crippen molar-refractivity contribution in [1.82, 2.24) is 5.32 Å². The molecule has 1 unspecified atom stereocenters. The van der Waals surface area contributed by atoms with E-state index >= 15 is 0 Å². The van der Waals surface area contributed by atoms with Gasteiger partial charge in [0.2, 0.25) is 0 Å². The monoisotopic (exact) mass is 279 g/mol. The highest BCUT2D eigenvalue weighted by Gasteiger charge is 2.14. The Morgan fingerprint density at radius 1 is 0.950 bits per heavy atom. The zero-order chi connectivity index (χ0) is 14.5. The molecule has 0 aromatic heterocycles. The van der Waals surface area contributed by atoms with Crippen LogP contribution in [0, 0.1) is 17.5 Å². The molecule has 4 heteroatoms. The molecular formula is C16H16F3N. The van der Waals surface area contributed by atoms with Gasteiger partial charge in [-0.2, -0.15) is 0 Å². The number of hydrogen-bond acceptors (Lipinski definition) is 1. The molecule has 1 N–H and O–H groups in total. The molecule has 106 valence electrons. The van der Waals surface area contributed by atoms with Crippen LogP contribution in [0.25, 0.3) is 0 Å². The van der Waals surface area contributed by atoms with Crippen LogP contribution in [0.5, 0.6) is 0 Å². The molecule has 0 saturated heterocycles. The number of benzene rings is 2. The third-order valence-electron chi connectivity index (χ3n) is 3.21. The van der Waals surface area contributed by atoms with Crippen molar-refractivity contribution in [3.05, 3.63) is 71.0 Å². The minimum Gasteiger partial charge on any atom is -0.310 e. The van der Waals surface area contributed by atoms with E-state index in [-0.39, 0.29) is 11.4 Å². The van der Waals surface area contributed by atoms with Gasteiger partial charge in [0.15, 0.2) is 0 Å². The second kappa shape index (κ2) is 6.57. The van der Waals surface area contributed by atoms with E-state index in [0.717, 1.165) is 5.56 Å². The molecule has 0 saturated carbocycles. The third-order valence-corrected chi connectivity index (χ3v) is 3.21. The number of hydrogen-bond donors (Lipinski definition) is 1. The summed E-state index contributed by atoms with van der Waals surface area (Å²) in [6, 6.07) is 9.62. The second-order valence-corrected chi connectivity index (χ2v) is 4.69. The van der Waals surface area contributed by atoms with E-state index in [9.17, 15) is 13.2 Å². The fourth-order valence-electron chi connectivity index (χ4n) is 2.11. The van der Waals surface area contributed by atoms with E-state index < -0.39 is 17.7 Å². The lowest BCUT2D eigenvalue weighted by Crippen LogP contribution is -2.23. The molecule has 2 aromatic carbocycles. The molecule has 0 fully saturated rings. The first-order chi connectivity index (χ1) is 9.58. The Morgan fingerprint density at radius 3 is 2.15 bits per heavy atom. The van der Waals surface area contributed by atoms with Crippen LogP contribution >= 0.6 is 0 Å². The van der Waals surface area contributed by atoms with Crippen molar-refractivity contribution in [3.8, 4) is 0 Å². The van der Waals surface area contributed by atoms with Gasteiger partial charge in [-0.1, -0.05) is 18.2 Å². The second-order valence-electron chi connectivity index (χ2n) is 4.69. The normalized spacial score (nSPS) is 12.4. The topological polar surface area (TPSA) is 12.0 Å². The quantitative estimate of drug-likeness (QED) is 0.872. The Morgan fingerprint density at radius 2 is 1.55 bits per heavy atom. The molecule has 0 aliphatic carbocycles. The number of halogens is 3. The van der Waals surface area contributed by atoms with Crippen molar-refractivity contribution in [3.63, 3.8) is 0 Å². The van der Waals surface area contributed by atoms with E-state index in [1.54, 1.807) is 19.1 Å². The van der Waals surface area contributed by atoms with Crippen LogP contribution in [-0.2, 0) is 6.42 Å². The van der Waals surface area contributed by atoms with Gasteiger partial charge in [-0.25, -0.2) is 13.2 Å². The molecule has 0 amide bonds. The van der Waals surface area contributed by atoms with Gasteiger partial charge in [0, 0.05) is 11.6 Å². The molecule has 0 radical (unpaired) electrons. The van der Waals surface area contributed by atoms with Crippen molar-refractivity contribution >= 4 is 0 Å². The van der Waals surface area contributed by atoms with Gasteiger partial charge in [-0.15, -0.1) is 0 Å². The average molecular weight is 279 g/mol. The lowest BCUT2D eigenvalue weighted by molar-refractivity contribution is 0.490. The minimum absolute atomic E-state index is 0.0478. The van der Waals surface area contributed by atoms with Gasteiger partial charge >= 0.3 is 0 Å². The summed E-state index contributed by atoms with van der Waals surface area (Å²) in [6.07, 6.45) is 0.667. The smallest absolute Gasteiger partial charge is 0.130 e. The molecule has 0 heterocycles. The van der Waals surface area contributed by atoms with Crippen LogP contribution < -0.4 is 5.32 Å². The van der Waals surface area contributed by atoms with E-state index in [1.807, 2.05) is 0 Å². The molecule has 0 aliphatic rings. The molecule has 0 bridgehead atoms. The number of rotatable bonds is 5. The standard InChI is InChI=1S/C16H16F3N/c1-11(16-14(18)3-2-4-15(16)19)20-10-9-12-5-7-13(17)8-6-12/h2-8,11,20H,9-10H2,1H3. The van der Waals surface area contributed by atoms with Gasteiger partial charge < -0.3 is 5.32 Å². The van der Waals surface area contributed by atoms with Crippen LogP contribution in [0.1, 0.15) is 24.1 Å². The van der Waals surface area contributed by atoms with E-state index in [1.165, 1.54) is 30.3 Å². The Kier molecular flexibility index (Phi) is 4.79. The maximum Gasteiger partial charge on any atom is 0.130 e. The van der Waals surface area contributed by atoms with E-state index in [4.69, 9.17) is 0 Å². The molecule has 1 nitrogen and oxygen atoms in total. The zero-order valence-electron chi connectivity index (χ0n) is 11.2. The molecule has 0 aliphatic heterocycles. The Hall–Kier alpha value is -1.81. The summed E-state index contributed by atoms with van der Waals surface area (Å²) in [7, 11) is 0. The summed E-state index contributed by atoms with van der Waals surface area (Å²) in [5.74, 6) is -1.37. The first kappa shape index (κ1) is 14.6. The zero-order valence-corrected chi connectivity index (χ0v) is 11.2.